The number of carbonyl (C=O) groups is 4. The van der Waals surface area contributed by atoms with E-state index in [1.165, 1.54) is 6.92 Å². The first kappa shape index (κ1) is 39.9. The molecule has 0 fully saturated rings. The van der Waals surface area contributed by atoms with Crippen LogP contribution in [0.4, 0.5) is 0 Å². The van der Waals surface area contributed by atoms with Crippen molar-refractivity contribution in [2.45, 2.75) is 89.6 Å². The molecule has 216 valence electrons. The molecule has 0 heterocycles. The van der Waals surface area contributed by atoms with Crippen LogP contribution in [0.3, 0.4) is 0 Å². The van der Waals surface area contributed by atoms with Crippen molar-refractivity contribution in [3.05, 3.63) is 7.05 Å². The van der Waals surface area contributed by atoms with Crippen LogP contribution in [-0.2, 0) is 19.2 Å². The number of amides is 2. The van der Waals surface area contributed by atoms with Gasteiger partial charge in [0.25, 0.3) is 0 Å². The Morgan fingerprint density at radius 3 is 1.82 bits per heavy atom. The molecule has 0 spiro atoms. The van der Waals surface area contributed by atoms with Gasteiger partial charge in [0.15, 0.2) is 5.78 Å². The minimum absolute atomic E-state index is 0. The van der Waals surface area contributed by atoms with E-state index < -0.39 is 5.92 Å². The molecule has 0 aromatic heterocycles. The molecule has 0 aliphatic rings. The molecule has 11 heteroatoms. The summed E-state index contributed by atoms with van der Waals surface area (Å²) >= 11 is 0. The topological polar surface area (TPSA) is 140 Å². The molecular weight excluding hydrogens is 511 g/mol. The van der Waals surface area contributed by atoms with Gasteiger partial charge in [-0.15, -0.1) is 0 Å². The predicted molar refractivity (Wildman–Crippen MR) is 149 cm³/mol. The zero-order chi connectivity index (χ0) is 27.9. The van der Waals surface area contributed by atoms with E-state index in [4.69, 9.17) is 0 Å². The van der Waals surface area contributed by atoms with Gasteiger partial charge in [-0.3, -0.25) is 26.2 Å². The number of unbranched alkanes of at least 4 members (excludes halogenated alkanes) is 3. The monoisotopic (exact) mass is 564 g/mol. The number of carbonyl (C=O) groups excluding carboxylic acids is 4. The van der Waals surface area contributed by atoms with Crippen LogP contribution in [0.1, 0.15) is 77.6 Å². The summed E-state index contributed by atoms with van der Waals surface area (Å²) in [4.78, 5) is 49.5. The van der Waals surface area contributed by atoms with Crippen LogP contribution in [0.2, 0.25) is 0 Å². The molecule has 0 aliphatic heterocycles. The van der Waals surface area contributed by atoms with E-state index in [1.54, 1.807) is 14.1 Å². The Morgan fingerprint density at radius 2 is 1.24 bits per heavy atom. The van der Waals surface area contributed by atoms with Crippen molar-refractivity contribution in [2.24, 2.45) is 5.92 Å². The molecule has 0 bridgehead atoms. The van der Waals surface area contributed by atoms with E-state index in [-0.39, 0.29) is 106 Å². The Morgan fingerprint density at radius 1 is 0.684 bits per heavy atom. The number of hydrogen-bond acceptors (Lipinski definition) is 8. The zero-order valence-corrected chi connectivity index (χ0v) is 27.8. The SMILES string of the molecule is [CH2-]NCCCC[C@H](NC)C(=O)C[C@@H](CCCCNC(=O)[C@H](CCCCNC)NC)C(=O)NCCC(C)=O.[K+]. The van der Waals surface area contributed by atoms with Gasteiger partial charge in [-0.1, -0.05) is 19.3 Å². The van der Waals surface area contributed by atoms with E-state index in [1.807, 2.05) is 7.05 Å². The second kappa shape index (κ2) is 27.0. The molecule has 0 saturated heterocycles. The van der Waals surface area contributed by atoms with Crippen molar-refractivity contribution >= 4 is 23.4 Å². The van der Waals surface area contributed by atoms with Crippen LogP contribution < -0.4 is 83.3 Å². The third-order valence-corrected chi connectivity index (χ3v) is 6.54. The second-order valence-electron chi connectivity index (χ2n) is 9.67. The summed E-state index contributed by atoms with van der Waals surface area (Å²) in [6, 6.07) is -0.500. The molecule has 0 radical (unpaired) electrons. The summed E-state index contributed by atoms with van der Waals surface area (Å²) in [6.45, 7) is 4.03. The van der Waals surface area contributed by atoms with Gasteiger partial charge in [-0.25, -0.2) is 0 Å². The molecule has 2 amide bonds. The van der Waals surface area contributed by atoms with Gasteiger partial charge in [0.1, 0.15) is 5.78 Å². The van der Waals surface area contributed by atoms with Gasteiger partial charge in [-0.2, -0.15) is 0 Å². The molecule has 0 aromatic rings. The quantitative estimate of drug-likeness (QED) is 0.0428. The molecule has 38 heavy (non-hydrogen) atoms. The molecule has 0 unspecified atom stereocenters. The largest absolute Gasteiger partial charge is 1.00 e. The zero-order valence-electron chi connectivity index (χ0n) is 24.7. The molecule has 3 atom stereocenters. The Bertz CT molecular complexity index is 653. The summed E-state index contributed by atoms with van der Waals surface area (Å²) < 4.78 is 0. The maximum atomic E-state index is 13.0. The summed E-state index contributed by atoms with van der Waals surface area (Å²) in [5.41, 5.74) is 0. The predicted octanol–water partition coefficient (Wildman–Crippen LogP) is -1.94. The normalized spacial score (nSPS) is 13.2. The molecular formula is C27H53KN6O4. The first-order valence-electron chi connectivity index (χ1n) is 13.9. The summed E-state index contributed by atoms with van der Waals surface area (Å²) in [6.07, 6.45) is 7.73. The van der Waals surface area contributed by atoms with Crippen LogP contribution in [0.5, 0.6) is 0 Å². The molecule has 0 aliphatic carbocycles. The standard InChI is InChI=1S/C27H53N6O4.K/c1-21(34)15-19-33-26(36)22(20-25(35)23(30-4)13-7-9-16-28-2)12-6-11-18-32-27(37)24(31-5)14-8-10-17-29-3;/h22-24,28-31H,2,6-20H2,1,3-5H3,(H,32,37)(H,33,36);/q-1;+1/t22-,23+,24+;/m1./s1. The first-order chi connectivity index (χ1) is 17.8. The Balaban J connectivity index is 0. The minimum atomic E-state index is -0.454. The number of ketones is 2. The van der Waals surface area contributed by atoms with E-state index >= 15 is 0 Å². The van der Waals surface area contributed by atoms with E-state index in [9.17, 15) is 19.2 Å². The Labute approximate surface area is 273 Å². The second-order valence-corrected chi connectivity index (χ2v) is 9.67. The van der Waals surface area contributed by atoms with Crippen molar-refractivity contribution in [1.82, 2.24) is 31.9 Å². The molecule has 10 nitrogen and oxygen atoms in total. The number of rotatable bonds is 25. The Kier molecular flexibility index (Phi) is 28.3. The number of likely N-dealkylation sites (N-methyl/N-ethyl adjacent to an activating group) is 2. The number of Topliss-reactive ketones (excluding diaryl/α,β-unsaturated/α-hetero) is 2. The summed E-state index contributed by atoms with van der Waals surface area (Å²) in [5.74, 6) is -0.610. The van der Waals surface area contributed by atoms with Gasteiger partial charge in [-0.05, 0) is 79.7 Å². The number of hydrogen-bond donors (Lipinski definition) is 6. The molecule has 0 aromatic carbocycles. The average molecular weight is 565 g/mol. The van der Waals surface area contributed by atoms with Crippen LogP contribution in [0.15, 0.2) is 0 Å². The Hall–Kier alpha value is -0.244. The van der Waals surface area contributed by atoms with Gasteiger partial charge >= 0.3 is 51.4 Å². The van der Waals surface area contributed by atoms with Crippen molar-refractivity contribution in [1.29, 1.82) is 0 Å². The van der Waals surface area contributed by atoms with Crippen LogP contribution in [-0.4, -0.2) is 82.8 Å². The van der Waals surface area contributed by atoms with Crippen molar-refractivity contribution in [2.75, 3.05) is 47.3 Å². The van der Waals surface area contributed by atoms with Crippen molar-refractivity contribution in [3.63, 3.8) is 0 Å². The van der Waals surface area contributed by atoms with Crippen LogP contribution in [0, 0.1) is 13.0 Å². The first-order valence-corrected chi connectivity index (χ1v) is 13.9. The fourth-order valence-electron chi connectivity index (χ4n) is 4.19. The maximum absolute atomic E-state index is 13.0. The van der Waals surface area contributed by atoms with Gasteiger partial charge in [0, 0.05) is 31.8 Å². The fraction of sp³-hybridized carbons (Fsp3) is 0.815. The van der Waals surface area contributed by atoms with Gasteiger partial charge in [0.05, 0.1) is 12.1 Å². The summed E-state index contributed by atoms with van der Waals surface area (Å²) in [7, 11) is 9.09. The molecule has 0 saturated carbocycles. The molecule has 6 N–H and O–H groups in total. The van der Waals surface area contributed by atoms with Crippen LogP contribution in [0.25, 0.3) is 0 Å². The average Bonchev–Trinajstić information content (AvgIpc) is 2.87. The fourth-order valence-corrected chi connectivity index (χ4v) is 4.19. The van der Waals surface area contributed by atoms with Crippen LogP contribution >= 0.6 is 0 Å². The maximum Gasteiger partial charge on any atom is 1.00 e. The minimum Gasteiger partial charge on any atom is -0.473 e. The van der Waals surface area contributed by atoms with Gasteiger partial charge < -0.3 is 31.9 Å². The van der Waals surface area contributed by atoms with Crippen molar-refractivity contribution < 1.29 is 70.6 Å². The third-order valence-electron chi connectivity index (χ3n) is 6.54. The molecule has 0 rings (SSSR count). The van der Waals surface area contributed by atoms with E-state index in [0.29, 0.717) is 25.8 Å². The smallest absolute Gasteiger partial charge is 0.473 e. The van der Waals surface area contributed by atoms with Crippen molar-refractivity contribution in [3.8, 4) is 0 Å². The van der Waals surface area contributed by atoms with E-state index in [2.05, 4.69) is 38.9 Å². The summed E-state index contributed by atoms with van der Waals surface area (Å²) in [5, 5.41) is 17.9. The van der Waals surface area contributed by atoms with E-state index in [0.717, 1.165) is 51.6 Å². The number of nitrogens with one attached hydrogen (secondary N) is 6. The third kappa shape index (κ3) is 20.6. The van der Waals surface area contributed by atoms with Gasteiger partial charge in [0.2, 0.25) is 11.8 Å².